The first-order valence-electron chi connectivity index (χ1n) is 10.3. The summed E-state index contributed by atoms with van der Waals surface area (Å²) in [6, 6.07) is 21.7. The third-order valence-corrected chi connectivity index (χ3v) is 6.07. The van der Waals surface area contributed by atoms with E-state index in [0.717, 1.165) is 19.4 Å². The maximum absolute atomic E-state index is 11.8. The van der Waals surface area contributed by atoms with Crippen molar-refractivity contribution in [2.75, 3.05) is 19.7 Å². The second-order valence-corrected chi connectivity index (χ2v) is 7.86. The summed E-state index contributed by atoms with van der Waals surface area (Å²) in [6.45, 7) is 2.21. The van der Waals surface area contributed by atoms with E-state index < -0.39 is 0 Å². The SMILES string of the molecule is Cl.O=C1CCN([C@@H]2CCCC[C@@H]2OCC(c2ccccc2)c2ccccc2)C1. The Morgan fingerprint density at radius 1 is 0.929 bits per heavy atom. The summed E-state index contributed by atoms with van der Waals surface area (Å²) in [4.78, 5) is 14.1. The van der Waals surface area contributed by atoms with Crippen LogP contribution in [0.1, 0.15) is 49.1 Å². The van der Waals surface area contributed by atoms with Crippen molar-refractivity contribution in [3.05, 3.63) is 71.8 Å². The summed E-state index contributed by atoms with van der Waals surface area (Å²) >= 11 is 0. The molecule has 2 aromatic rings. The number of ether oxygens (including phenoxy) is 1. The largest absolute Gasteiger partial charge is 0.376 e. The Kier molecular flexibility index (Phi) is 7.66. The van der Waals surface area contributed by atoms with Crippen molar-refractivity contribution < 1.29 is 9.53 Å². The molecule has 1 aliphatic heterocycles. The predicted molar refractivity (Wildman–Crippen MR) is 115 cm³/mol. The van der Waals surface area contributed by atoms with E-state index in [2.05, 4.69) is 65.6 Å². The molecular weight excluding hydrogens is 370 g/mol. The van der Waals surface area contributed by atoms with Gasteiger partial charge in [0.15, 0.2) is 0 Å². The van der Waals surface area contributed by atoms with E-state index >= 15 is 0 Å². The van der Waals surface area contributed by atoms with Gasteiger partial charge in [-0.1, -0.05) is 73.5 Å². The monoisotopic (exact) mass is 399 g/mol. The molecule has 2 fully saturated rings. The van der Waals surface area contributed by atoms with E-state index in [1.54, 1.807) is 0 Å². The van der Waals surface area contributed by atoms with Crippen LogP contribution in [0.15, 0.2) is 60.7 Å². The maximum Gasteiger partial charge on any atom is 0.148 e. The molecule has 3 nitrogen and oxygen atoms in total. The Hall–Kier alpha value is -1.68. The first-order valence-corrected chi connectivity index (χ1v) is 10.3. The van der Waals surface area contributed by atoms with Gasteiger partial charge >= 0.3 is 0 Å². The number of hydrogen-bond acceptors (Lipinski definition) is 3. The minimum absolute atomic E-state index is 0. The van der Waals surface area contributed by atoms with Gasteiger partial charge in [0.25, 0.3) is 0 Å². The molecule has 0 radical (unpaired) electrons. The van der Waals surface area contributed by atoms with Crippen molar-refractivity contribution in [1.29, 1.82) is 0 Å². The summed E-state index contributed by atoms with van der Waals surface area (Å²) in [5.74, 6) is 0.626. The average Bonchev–Trinajstić information content (AvgIpc) is 3.16. The Morgan fingerprint density at radius 3 is 2.11 bits per heavy atom. The Morgan fingerprint density at radius 2 is 1.54 bits per heavy atom. The highest BCUT2D eigenvalue weighted by Gasteiger charge is 2.35. The van der Waals surface area contributed by atoms with Gasteiger partial charge in [-0.3, -0.25) is 9.69 Å². The number of hydrogen-bond donors (Lipinski definition) is 0. The second-order valence-electron chi connectivity index (χ2n) is 7.86. The van der Waals surface area contributed by atoms with Gasteiger partial charge in [0, 0.05) is 24.9 Å². The summed E-state index contributed by atoms with van der Waals surface area (Å²) in [7, 11) is 0. The molecule has 1 aliphatic carbocycles. The van der Waals surface area contributed by atoms with Crippen LogP contribution in [0, 0.1) is 0 Å². The molecule has 0 bridgehead atoms. The van der Waals surface area contributed by atoms with Crippen molar-refractivity contribution in [2.24, 2.45) is 0 Å². The number of benzene rings is 2. The smallest absolute Gasteiger partial charge is 0.148 e. The van der Waals surface area contributed by atoms with E-state index in [1.165, 1.54) is 24.0 Å². The quantitative estimate of drug-likeness (QED) is 0.695. The van der Waals surface area contributed by atoms with Gasteiger partial charge in [-0.05, 0) is 24.0 Å². The molecule has 0 amide bonds. The first kappa shape index (κ1) is 21.0. The van der Waals surface area contributed by atoms with E-state index in [9.17, 15) is 4.79 Å². The standard InChI is InChI=1S/C24H29NO2.ClH/c26-21-15-16-25(17-21)23-13-7-8-14-24(23)27-18-22(19-9-3-1-4-10-19)20-11-5-2-6-12-20;/h1-6,9-12,22-24H,7-8,13-18H2;1H/t23-,24+;/m1./s1. The molecule has 28 heavy (non-hydrogen) atoms. The summed E-state index contributed by atoms with van der Waals surface area (Å²) in [6.07, 6.45) is 5.67. The zero-order valence-electron chi connectivity index (χ0n) is 16.3. The number of likely N-dealkylation sites (tertiary alicyclic amines) is 1. The molecule has 0 unspecified atom stereocenters. The summed E-state index contributed by atoms with van der Waals surface area (Å²) in [5, 5.41) is 0. The lowest BCUT2D eigenvalue weighted by atomic mass is 9.90. The molecular formula is C24H30ClNO2. The molecule has 150 valence electrons. The molecule has 1 saturated carbocycles. The molecule has 2 aliphatic rings. The van der Waals surface area contributed by atoms with Crippen molar-refractivity contribution in [1.82, 2.24) is 4.90 Å². The van der Waals surface area contributed by atoms with Gasteiger partial charge in [0.2, 0.25) is 0 Å². The highest BCUT2D eigenvalue weighted by atomic mass is 35.5. The van der Waals surface area contributed by atoms with Crippen LogP contribution in [0.5, 0.6) is 0 Å². The first-order chi connectivity index (χ1) is 13.3. The minimum Gasteiger partial charge on any atom is -0.376 e. The summed E-state index contributed by atoms with van der Waals surface area (Å²) < 4.78 is 6.56. The normalized spacial score (nSPS) is 23.0. The molecule has 0 aromatic heterocycles. The predicted octanol–water partition coefficient (Wildman–Crippen LogP) is 4.84. The fourth-order valence-corrected chi connectivity index (χ4v) is 4.60. The van der Waals surface area contributed by atoms with Crippen LogP contribution in [-0.2, 0) is 9.53 Å². The number of ketones is 1. The number of carbonyl (C=O) groups excluding carboxylic acids is 1. The molecule has 4 heteroatoms. The van der Waals surface area contributed by atoms with Crippen LogP contribution in [0.25, 0.3) is 0 Å². The van der Waals surface area contributed by atoms with Crippen molar-refractivity contribution >= 4 is 18.2 Å². The van der Waals surface area contributed by atoms with Crippen molar-refractivity contribution in [3.8, 4) is 0 Å². The van der Waals surface area contributed by atoms with E-state index in [4.69, 9.17) is 4.74 Å². The highest BCUT2D eigenvalue weighted by Crippen LogP contribution is 2.31. The van der Waals surface area contributed by atoms with Gasteiger partial charge in [-0.2, -0.15) is 0 Å². The fraction of sp³-hybridized carbons (Fsp3) is 0.458. The second kappa shape index (κ2) is 10.2. The lowest BCUT2D eigenvalue weighted by Crippen LogP contribution is -2.46. The molecule has 2 atom stereocenters. The fourth-order valence-electron chi connectivity index (χ4n) is 4.60. The number of Topliss-reactive ketones (excluding diaryl/α,β-unsaturated/α-hetero) is 1. The topological polar surface area (TPSA) is 29.5 Å². The van der Waals surface area contributed by atoms with Crippen molar-refractivity contribution in [3.63, 3.8) is 0 Å². The lowest BCUT2D eigenvalue weighted by molar-refractivity contribution is -0.117. The van der Waals surface area contributed by atoms with Crippen LogP contribution in [0.2, 0.25) is 0 Å². The average molecular weight is 400 g/mol. The maximum atomic E-state index is 11.8. The Bertz CT molecular complexity index is 697. The van der Waals surface area contributed by atoms with Crippen molar-refractivity contribution in [2.45, 2.75) is 50.2 Å². The van der Waals surface area contributed by atoms with Crippen LogP contribution >= 0.6 is 12.4 Å². The third-order valence-electron chi connectivity index (χ3n) is 6.07. The van der Waals surface area contributed by atoms with Crippen LogP contribution in [-0.4, -0.2) is 42.5 Å². The molecule has 0 spiro atoms. The molecule has 2 aromatic carbocycles. The van der Waals surface area contributed by atoms with E-state index in [-0.39, 0.29) is 24.4 Å². The number of halogens is 1. The van der Waals surface area contributed by atoms with Gasteiger partial charge in [0.05, 0.1) is 19.3 Å². The van der Waals surface area contributed by atoms with Gasteiger partial charge in [-0.25, -0.2) is 0 Å². The summed E-state index contributed by atoms with van der Waals surface area (Å²) in [5.41, 5.74) is 2.60. The lowest BCUT2D eigenvalue weighted by Gasteiger charge is -2.38. The molecule has 4 rings (SSSR count). The molecule has 1 saturated heterocycles. The highest BCUT2D eigenvalue weighted by molar-refractivity contribution is 5.85. The minimum atomic E-state index is 0. The number of nitrogens with zero attached hydrogens (tertiary/aromatic N) is 1. The zero-order valence-corrected chi connectivity index (χ0v) is 17.2. The van der Waals surface area contributed by atoms with Crippen LogP contribution < -0.4 is 0 Å². The van der Waals surface area contributed by atoms with Gasteiger partial charge < -0.3 is 4.74 Å². The Balaban J connectivity index is 0.00000225. The van der Waals surface area contributed by atoms with E-state index in [0.29, 0.717) is 31.4 Å². The number of rotatable bonds is 6. The molecule has 1 heterocycles. The zero-order chi connectivity index (χ0) is 18.5. The third kappa shape index (κ3) is 5.02. The van der Waals surface area contributed by atoms with Gasteiger partial charge in [0.1, 0.15) is 5.78 Å². The van der Waals surface area contributed by atoms with Gasteiger partial charge in [-0.15, -0.1) is 12.4 Å². The Labute approximate surface area is 174 Å². The van der Waals surface area contributed by atoms with Crippen LogP contribution in [0.4, 0.5) is 0 Å². The van der Waals surface area contributed by atoms with Crippen LogP contribution in [0.3, 0.4) is 0 Å². The molecule has 0 N–H and O–H groups in total. The van der Waals surface area contributed by atoms with E-state index in [1.807, 2.05) is 0 Å². The number of carbonyl (C=O) groups is 1.